The van der Waals surface area contributed by atoms with E-state index < -0.39 is 22.0 Å². The first-order valence-corrected chi connectivity index (χ1v) is 7.13. The zero-order chi connectivity index (χ0) is 13.9. The van der Waals surface area contributed by atoms with Crippen molar-refractivity contribution in [3.05, 3.63) is 22.7 Å². The lowest BCUT2D eigenvalue weighted by Crippen LogP contribution is -2.38. The molecule has 0 aliphatic rings. The van der Waals surface area contributed by atoms with Crippen molar-refractivity contribution in [2.24, 2.45) is 0 Å². The van der Waals surface area contributed by atoms with Crippen LogP contribution in [0.25, 0.3) is 0 Å². The van der Waals surface area contributed by atoms with E-state index >= 15 is 0 Å². The lowest BCUT2D eigenvalue weighted by atomic mass is 10.3. The Morgan fingerprint density at radius 3 is 2.56 bits per heavy atom. The van der Waals surface area contributed by atoms with Gasteiger partial charge in [0.05, 0.1) is 12.0 Å². The summed E-state index contributed by atoms with van der Waals surface area (Å²) < 4.78 is 31.3. The first-order valence-electron chi connectivity index (χ1n) is 4.86. The van der Waals surface area contributed by atoms with E-state index in [2.05, 4.69) is 15.9 Å². The quantitative estimate of drug-likeness (QED) is 0.842. The molecule has 0 aliphatic heterocycles. The zero-order valence-corrected chi connectivity index (χ0v) is 12.1. The maximum Gasteiger partial charge on any atom is 0.321 e. The Morgan fingerprint density at radius 1 is 1.44 bits per heavy atom. The fourth-order valence-corrected chi connectivity index (χ4v) is 3.04. The van der Waals surface area contributed by atoms with Crippen molar-refractivity contribution in [2.75, 3.05) is 7.11 Å². The van der Waals surface area contributed by atoms with Crippen LogP contribution in [0, 0.1) is 0 Å². The van der Waals surface area contributed by atoms with Gasteiger partial charge >= 0.3 is 5.97 Å². The third-order valence-corrected chi connectivity index (χ3v) is 4.07. The van der Waals surface area contributed by atoms with Crippen LogP contribution in [-0.4, -0.2) is 32.6 Å². The molecule has 1 atom stereocenters. The highest BCUT2D eigenvalue weighted by molar-refractivity contribution is 9.10. The second kappa shape index (κ2) is 5.68. The van der Waals surface area contributed by atoms with Crippen molar-refractivity contribution in [3.8, 4) is 5.75 Å². The average Bonchev–Trinajstić information content (AvgIpc) is 2.27. The van der Waals surface area contributed by atoms with E-state index in [0.717, 1.165) is 0 Å². The fraction of sp³-hybridized carbons (Fsp3) is 0.300. The van der Waals surface area contributed by atoms with Crippen molar-refractivity contribution >= 4 is 31.9 Å². The van der Waals surface area contributed by atoms with Crippen LogP contribution in [0.3, 0.4) is 0 Å². The van der Waals surface area contributed by atoms with Gasteiger partial charge in [-0.1, -0.05) is 15.9 Å². The zero-order valence-electron chi connectivity index (χ0n) is 9.68. The van der Waals surface area contributed by atoms with Crippen LogP contribution >= 0.6 is 15.9 Å². The SMILES string of the molecule is COc1cc(Br)cc(S(=O)(=O)N[C@@H](C)C(=O)O)c1. The van der Waals surface area contributed by atoms with Crippen LogP contribution in [0.15, 0.2) is 27.6 Å². The molecular weight excluding hydrogens is 326 g/mol. The first kappa shape index (κ1) is 14.9. The summed E-state index contributed by atoms with van der Waals surface area (Å²) in [6.07, 6.45) is 0. The predicted molar refractivity (Wildman–Crippen MR) is 68.1 cm³/mol. The van der Waals surface area contributed by atoms with Crippen LogP contribution < -0.4 is 9.46 Å². The second-order valence-electron chi connectivity index (χ2n) is 3.51. The first-order chi connectivity index (χ1) is 8.26. The highest BCUT2D eigenvalue weighted by Crippen LogP contribution is 2.24. The molecule has 100 valence electrons. The van der Waals surface area contributed by atoms with E-state index in [1.807, 2.05) is 4.72 Å². The van der Waals surface area contributed by atoms with Crippen LogP contribution in [0.4, 0.5) is 0 Å². The molecule has 0 amide bonds. The van der Waals surface area contributed by atoms with E-state index in [1.165, 1.54) is 26.2 Å². The molecule has 18 heavy (non-hydrogen) atoms. The maximum absolute atomic E-state index is 11.9. The Hall–Kier alpha value is -1.12. The van der Waals surface area contributed by atoms with Crippen LogP contribution in [-0.2, 0) is 14.8 Å². The Labute approximate surface area is 113 Å². The summed E-state index contributed by atoms with van der Waals surface area (Å²) in [6, 6.07) is 3.06. The van der Waals surface area contributed by atoms with E-state index in [-0.39, 0.29) is 4.90 Å². The van der Waals surface area contributed by atoms with Gasteiger partial charge in [0.25, 0.3) is 0 Å². The highest BCUT2D eigenvalue weighted by atomic mass is 79.9. The molecule has 1 aromatic carbocycles. The minimum absolute atomic E-state index is 0.0678. The average molecular weight is 338 g/mol. The summed E-state index contributed by atoms with van der Waals surface area (Å²) in [4.78, 5) is 10.6. The molecular formula is C10H12BrNO5S. The van der Waals surface area contributed by atoms with Gasteiger partial charge < -0.3 is 9.84 Å². The number of carbonyl (C=O) groups is 1. The molecule has 0 saturated heterocycles. The van der Waals surface area contributed by atoms with Gasteiger partial charge in [0.1, 0.15) is 11.8 Å². The van der Waals surface area contributed by atoms with Crippen molar-refractivity contribution in [3.63, 3.8) is 0 Å². The monoisotopic (exact) mass is 337 g/mol. The molecule has 0 fully saturated rings. The number of methoxy groups -OCH3 is 1. The lowest BCUT2D eigenvalue weighted by Gasteiger charge is -2.11. The molecule has 0 spiro atoms. The smallest absolute Gasteiger partial charge is 0.321 e. The van der Waals surface area contributed by atoms with Gasteiger partial charge in [-0.05, 0) is 19.1 Å². The normalized spacial score (nSPS) is 13.1. The molecule has 1 aromatic rings. The van der Waals surface area contributed by atoms with Gasteiger partial charge in [-0.2, -0.15) is 4.72 Å². The van der Waals surface area contributed by atoms with E-state index in [4.69, 9.17) is 9.84 Å². The van der Waals surface area contributed by atoms with Gasteiger partial charge in [0.15, 0.2) is 0 Å². The van der Waals surface area contributed by atoms with Crippen molar-refractivity contribution in [1.29, 1.82) is 0 Å². The summed E-state index contributed by atoms with van der Waals surface area (Å²) >= 11 is 3.15. The Bertz CT molecular complexity index is 557. The Morgan fingerprint density at radius 2 is 2.06 bits per heavy atom. The lowest BCUT2D eigenvalue weighted by molar-refractivity contribution is -0.138. The second-order valence-corrected chi connectivity index (χ2v) is 6.14. The van der Waals surface area contributed by atoms with Gasteiger partial charge in [0, 0.05) is 10.5 Å². The minimum Gasteiger partial charge on any atom is -0.497 e. The number of nitrogens with one attached hydrogen (secondary N) is 1. The van der Waals surface area contributed by atoms with Gasteiger partial charge in [0.2, 0.25) is 10.0 Å². The molecule has 1 rings (SSSR count). The fourth-order valence-electron chi connectivity index (χ4n) is 1.16. The van der Waals surface area contributed by atoms with Crippen molar-refractivity contribution in [1.82, 2.24) is 4.72 Å². The highest BCUT2D eigenvalue weighted by Gasteiger charge is 2.22. The number of carboxylic acid groups (broad SMARTS) is 1. The standard InChI is InChI=1S/C10H12BrNO5S/c1-6(10(13)14)12-18(15,16)9-4-7(11)3-8(5-9)17-2/h3-6,12H,1-2H3,(H,13,14)/t6-/m0/s1. The van der Waals surface area contributed by atoms with Crippen molar-refractivity contribution in [2.45, 2.75) is 17.9 Å². The van der Waals surface area contributed by atoms with Gasteiger partial charge in [-0.15, -0.1) is 0 Å². The summed E-state index contributed by atoms with van der Waals surface area (Å²) in [5.74, 6) is -0.895. The van der Waals surface area contributed by atoms with Gasteiger partial charge in [-0.3, -0.25) is 4.79 Å². The predicted octanol–water partition coefficient (Wildman–Crippen LogP) is 1.21. The molecule has 0 radical (unpaired) electrons. The minimum atomic E-state index is -3.90. The van der Waals surface area contributed by atoms with E-state index in [1.54, 1.807) is 6.07 Å². The Balaban J connectivity index is 3.12. The number of halogens is 1. The molecule has 0 unspecified atom stereocenters. The number of aliphatic carboxylic acids is 1. The molecule has 0 saturated carbocycles. The number of sulfonamides is 1. The number of ether oxygens (including phenoxy) is 1. The molecule has 0 aromatic heterocycles. The molecule has 0 heterocycles. The topological polar surface area (TPSA) is 92.7 Å². The summed E-state index contributed by atoms with van der Waals surface area (Å²) in [5.41, 5.74) is 0. The van der Waals surface area contributed by atoms with Crippen LogP contribution in [0.5, 0.6) is 5.75 Å². The molecule has 6 nitrogen and oxygen atoms in total. The van der Waals surface area contributed by atoms with Gasteiger partial charge in [-0.25, -0.2) is 8.42 Å². The van der Waals surface area contributed by atoms with E-state index in [9.17, 15) is 13.2 Å². The number of hydrogen-bond donors (Lipinski definition) is 2. The number of rotatable bonds is 5. The van der Waals surface area contributed by atoms with E-state index in [0.29, 0.717) is 10.2 Å². The summed E-state index contributed by atoms with van der Waals surface area (Å²) in [5, 5.41) is 8.69. The summed E-state index contributed by atoms with van der Waals surface area (Å²) in [6.45, 7) is 1.25. The Kier molecular flexibility index (Phi) is 4.71. The number of carboxylic acids is 1. The molecule has 8 heteroatoms. The largest absolute Gasteiger partial charge is 0.497 e. The molecule has 0 bridgehead atoms. The van der Waals surface area contributed by atoms with Crippen LogP contribution in [0.2, 0.25) is 0 Å². The van der Waals surface area contributed by atoms with Crippen molar-refractivity contribution < 1.29 is 23.1 Å². The molecule has 2 N–H and O–H groups in total. The summed E-state index contributed by atoms with van der Waals surface area (Å²) in [7, 11) is -2.49. The third-order valence-electron chi connectivity index (χ3n) is 2.09. The third kappa shape index (κ3) is 3.69. The van der Waals surface area contributed by atoms with Crippen LogP contribution in [0.1, 0.15) is 6.92 Å². The molecule has 0 aliphatic carbocycles. The number of hydrogen-bond acceptors (Lipinski definition) is 4. The number of benzene rings is 1. The maximum atomic E-state index is 11.9.